The molecule has 0 bridgehead atoms. The number of benzene rings is 1. The molecule has 2 aromatic rings. The minimum Gasteiger partial charge on any atom is -0.465 e. The van der Waals surface area contributed by atoms with Crippen molar-refractivity contribution in [3.8, 4) is 0 Å². The number of hydrogen-bond donors (Lipinski definition) is 1. The van der Waals surface area contributed by atoms with Crippen molar-refractivity contribution in [2.45, 2.75) is 38.4 Å². The molecule has 0 unspecified atom stereocenters. The molecule has 0 atom stereocenters. The van der Waals surface area contributed by atoms with Gasteiger partial charge in [0, 0.05) is 18.7 Å². The highest BCUT2D eigenvalue weighted by Crippen LogP contribution is 2.19. The number of thioether (sulfide) groups is 1. The lowest BCUT2D eigenvalue weighted by atomic mass is 10.2. The van der Waals surface area contributed by atoms with Gasteiger partial charge in [0.1, 0.15) is 5.82 Å². The van der Waals surface area contributed by atoms with Crippen molar-refractivity contribution >= 4 is 29.3 Å². The number of aromatic nitrogens is 3. The van der Waals surface area contributed by atoms with Crippen LogP contribution in [-0.2, 0) is 22.5 Å². The van der Waals surface area contributed by atoms with Gasteiger partial charge < -0.3 is 14.6 Å². The molecule has 0 saturated heterocycles. The summed E-state index contributed by atoms with van der Waals surface area (Å²) in [5.74, 6) is 0.547. The molecular formula is C17H22N4O3S. The summed E-state index contributed by atoms with van der Waals surface area (Å²) in [6, 6.07) is 6.64. The van der Waals surface area contributed by atoms with E-state index in [4.69, 9.17) is 0 Å². The number of amides is 1. The van der Waals surface area contributed by atoms with E-state index >= 15 is 0 Å². The molecule has 1 aromatic carbocycles. The summed E-state index contributed by atoms with van der Waals surface area (Å²) < 4.78 is 6.70. The van der Waals surface area contributed by atoms with Crippen LogP contribution in [0.25, 0.3) is 0 Å². The smallest absolute Gasteiger partial charge is 0.337 e. The predicted octanol–water partition coefficient (Wildman–Crippen LogP) is 2.77. The third kappa shape index (κ3) is 5.06. The summed E-state index contributed by atoms with van der Waals surface area (Å²) in [4.78, 5) is 23.7. The Labute approximate surface area is 151 Å². The number of ether oxygens (including phenoxy) is 1. The number of methoxy groups -OCH3 is 1. The van der Waals surface area contributed by atoms with Crippen LogP contribution in [0.2, 0.25) is 0 Å². The first kappa shape index (κ1) is 19.0. The first-order valence-electron chi connectivity index (χ1n) is 8.12. The first-order valence-corrected chi connectivity index (χ1v) is 9.10. The van der Waals surface area contributed by atoms with E-state index in [-0.39, 0.29) is 11.7 Å². The van der Waals surface area contributed by atoms with Crippen LogP contribution in [0, 0.1) is 0 Å². The maximum Gasteiger partial charge on any atom is 0.337 e. The Hall–Kier alpha value is -2.35. The monoisotopic (exact) mass is 362 g/mol. The number of anilines is 1. The Kier molecular flexibility index (Phi) is 7.00. The van der Waals surface area contributed by atoms with E-state index in [2.05, 4.69) is 27.2 Å². The number of carbonyl (C=O) groups is 2. The van der Waals surface area contributed by atoms with Crippen LogP contribution in [0.4, 0.5) is 5.69 Å². The minimum absolute atomic E-state index is 0.172. The lowest BCUT2D eigenvalue weighted by Gasteiger charge is -2.08. The van der Waals surface area contributed by atoms with Gasteiger partial charge in [-0.1, -0.05) is 24.8 Å². The Morgan fingerprint density at radius 3 is 2.76 bits per heavy atom. The molecule has 0 spiro atoms. The van der Waals surface area contributed by atoms with Crippen LogP contribution < -0.4 is 5.32 Å². The van der Waals surface area contributed by atoms with Gasteiger partial charge in [0.25, 0.3) is 0 Å². The van der Waals surface area contributed by atoms with E-state index in [9.17, 15) is 9.59 Å². The van der Waals surface area contributed by atoms with Gasteiger partial charge in [0.2, 0.25) is 5.91 Å². The lowest BCUT2D eigenvalue weighted by molar-refractivity contribution is -0.113. The van der Waals surface area contributed by atoms with Gasteiger partial charge in [-0.3, -0.25) is 4.79 Å². The molecule has 0 aliphatic heterocycles. The Balaban J connectivity index is 1.96. The van der Waals surface area contributed by atoms with Gasteiger partial charge in [0.05, 0.1) is 18.4 Å². The summed E-state index contributed by atoms with van der Waals surface area (Å²) in [5.41, 5.74) is 0.944. The Morgan fingerprint density at radius 1 is 1.28 bits per heavy atom. The molecule has 0 radical (unpaired) electrons. The SMILES string of the molecule is CCCc1nnc(SCC(=O)Nc2cccc(C(=O)OC)c2)n1CC. The third-order valence-corrected chi connectivity index (χ3v) is 4.45. The average Bonchev–Trinajstić information content (AvgIpc) is 3.01. The maximum atomic E-state index is 12.2. The largest absolute Gasteiger partial charge is 0.465 e. The third-order valence-electron chi connectivity index (χ3n) is 3.48. The lowest BCUT2D eigenvalue weighted by Crippen LogP contribution is -2.15. The second-order valence-electron chi connectivity index (χ2n) is 5.30. The zero-order chi connectivity index (χ0) is 18.2. The number of rotatable bonds is 8. The number of nitrogens with zero attached hydrogens (tertiary/aromatic N) is 3. The molecule has 2 rings (SSSR count). The first-order chi connectivity index (χ1) is 12.1. The van der Waals surface area contributed by atoms with Gasteiger partial charge in [0.15, 0.2) is 5.16 Å². The fourth-order valence-corrected chi connectivity index (χ4v) is 3.14. The fraction of sp³-hybridized carbons (Fsp3) is 0.412. The normalized spacial score (nSPS) is 10.5. The second-order valence-corrected chi connectivity index (χ2v) is 6.24. The molecule has 0 saturated carbocycles. The zero-order valence-electron chi connectivity index (χ0n) is 14.6. The van der Waals surface area contributed by atoms with Gasteiger partial charge >= 0.3 is 5.97 Å². The molecule has 0 fully saturated rings. The van der Waals surface area contributed by atoms with E-state index < -0.39 is 5.97 Å². The van der Waals surface area contributed by atoms with Crippen molar-refractivity contribution in [2.75, 3.05) is 18.2 Å². The van der Waals surface area contributed by atoms with Crippen molar-refractivity contribution in [1.82, 2.24) is 14.8 Å². The summed E-state index contributed by atoms with van der Waals surface area (Å²) in [6.45, 7) is 4.90. The van der Waals surface area contributed by atoms with Crippen LogP contribution >= 0.6 is 11.8 Å². The highest BCUT2D eigenvalue weighted by Gasteiger charge is 2.13. The quantitative estimate of drug-likeness (QED) is 0.574. The van der Waals surface area contributed by atoms with Crippen molar-refractivity contribution in [3.63, 3.8) is 0 Å². The van der Waals surface area contributed by atoms with Crippen LogP contribution in [0.5, 0.6) is 0 Å². The Morgan fingerprint density at radius 2 is 2.08 bits per heavy atom. The number of hydrogen-bond acceptors (Lipinski definition) is 6. The molecule has 25 heavy (non-hydrogen) atoms. The van der Waals surface area contributed by atoms with E-state index in [0.717, 1.165) is 30.4 Å². The second kappa shape index (κ2) is 9.22. The van der Waals surface area contributed by atoms with Crippen LogP contribution in [-0.4, -0.2) is 39.5 Å². The van der Waals surface area contributed by atoms with Crippen molar-refractivity contribution in [2.24, 2.45) is 0 Å². The summed E-state index contributed by atoms with van der Waals surface area (Å²) in [7, 11) is 1.32. The molecule has 1 amide bonds. The molecule has 1 heterocycles. The number of nitrogens with one attached hydrogen (secondary N) is 1. The molecule has 0 aliphatic rings. The summed E-state index contributed by atoms with van der Waals surface area (Å²) >= 11 is 1.35. The van der Waals surface area contributed by atoms with Crippen molar-refractivity contribution in [3.05, 3.63) is 35.7 Å². The number of aryl methyl sites for hydroxylation is 1. The molecule has 0 aliphatic carbocycles. The standard InChI is InChI=1S/C17H22N4O3S/c1-4-7-14-19-20-17(21(14)5-2)25-11-15(22)18-13-9-6-8-12(10-13)16(23)24-3/h6,8-10H,4-5,7,11H2,1-3H3,(H,18,22). The van der Waals surface area contributed by atoms with E-state index in [1.807, 2.05) is 11.5 Å². The number of carbonyl (C=O) groups excluding carboxylic acids is 2. The molecule has 1 aromatic heterocycles. The van der Waals surface area contributed by atoms with Crippen molar-refractivity contribution in [1.29, 1.82) is 0 Å². The molecular weight excluding hydrogens is 340 g/mol. The van der Waals surface area contributed by atoms with Gasteiger partial charge in [-0.05, 0) is 31.5 Å². The molecule has 1 N–H and O–H groups in total. The van der Waals surface area contributed by atoms with Crippen molar-refractivity contribution < 1.29 is 14.3 Å². The zero-order valence-corrected chi connectivity index (χ0v) is 15.4. The van der Waals surface area contributed by atoms with Gasteiger partial charge in [-0.25, -0.2) is 4.79 Å². The molecule has 8 heteroatoms. The van der Waals surface area contributed by atoms with E-state index in [0.29, 0.717) is 11.3 Å². The maximum absolute atomic E-state index is 12.2. The predicted molar refractivity (Wildman–Crippen MR) is 96.8 cm³/mol. The highest BCUT2D eigenvalue weighted by atomic mass is 32.2. The van der Waals surface area contributed by atoms with Crippen LogP contribution in [0.1, 0.15) is 36.5 Å². The highest BCUT2D eigenvalue weighted by molar-refractivity contribution is 7.99. The van der Waals surface area contributed by atoms with Gasteiger partial charge in [-0.15, -0.1) is 10.2 Å². The topological polar surface area (TPSA) is 86.1 Å². The minimum atomic E-state index is -0.440. The van der Waals surface area contributed by atoms with Gasteiger partial charge in [-0.2, -0.15) is 0 Å². The molecule has 7 nitrogen and oxygen atoms in total. The number of esters is 1. The van der Waals surface area contributed by atoms with Crippen LogP contribution in [0.15, 0.2) is 29.4 Å². The molecule has 134 valence electrons. The Bertz CT molecular complexity index is 745. The van der Waals surface area contributed by atoms with E-state index in [1.165, 1.54) is 18.9 Å². The fourth-order valence-electron chi connectivity index (χ4n) is 2.32. The van der Waals surface area contributed by atoms with E-state index in [1.54, 1.807) is 24.3 Å². The summed E-state index contributed by atoms with van der Waals surface area (Å²) in [5, 5.41) is 11.9. The summed E-state index contributed by atoms with van der Waals surface area (Å²) in [6.07, 6.45) is 1.87. The van der Waals surface area contributed by atoms with Crippen LogP contribution in [0.3, 0.4) is 0 Å². The average molecular weight is 362 g/mol.